The maximum absolute atomic E-state index is 14.2. The van der Waals surface area contributed by atoms with Gasteiger partial charge in [0, 0.05) is 38.7 Å². The first-order valence-corrected chi connectivity index (χ1v) is 11.0. The Morgan fingerprint density at radius 2 is 1.97 bits per heavy atom. The number of hydrogen-bond acceptors (Lipinski definition) is 5. The van der Waals surface area contributed by atoms with Gasteiger partial charge in [0.15, 0.2) is 5.69 Å². The molecule has 168 valence electrons. The second kappa shape index (κ2) is 8.76. The van der Waals surface area contributed by atoms with E-state index in [0.29, 0.717) is 25.1 Å². The highest BCUT2D eigenvalue weighted by Crippen LogP contribution is 2.24. The molecule has 2 saturated heterocycles. The van der Waals surface area contributed by atoms with Gasteiger partial charge in [0.25, 0.3) is 5.91 Å². The van der Waals surface area contributed by atoms with Gasteiger partial charge in [-0.1, -0.05) is 5.21 Å². The summed E-state index contributed by atoms with van der Waals surface area (Å²) >= 11 is 0. The predicted octanol–water partition coefficient (Wildman–Crippen LogP) is 1.44. The average molecular weight is 432 g/mol. The van der Waals surface area contributed by atoms with E-state index < -0.39 is 6.17 Å². The van der Waals surface area contributed by atoms with Crippen LogP contribution in [0.3, 0.4) is 0 Å². The van der Waals surface area contributed by atoms with E-state index in [2.05, 4.69) is 15.4 Å². The molecule has 0 saturated carbocycles. The maximum atomic E-state index is 14.2. The van der Waals surface area contributed by atoms with Gasteiger partial charge in [0.1, 0.15) is 6.17 Å². The van der Waals surface area contributed by atoms with Gasteiger partial charge in [-0.3, -0.25) is 14.3 Å². The number of amides is 2. The predicted molar refractivity (Wildman–Crippen MR) is 111 cm³/mol. The molecule has 2 fully saturated rings. The van der Waals surface area contributed by atoms with Crippen LogP contribution in [0, 0.1) is 13.8 Å². The van der Waals surface area contributed by atoms with E-state index >= 15 is 0 Å². The van der Waals surface area contributed by atoms with Crippen molar-refractivity contribution in [1.29, 1.82) is 0 Å². The second-order valence-corrected chi connectivity index (χ2v) is 8.63. The van der Waals surface area contributed by atoms with Crippen molar-refractivity contribution in [3.8, 4) is 0 Å². The van der Waals surface area contributed by atoms with Crippen molar-refractivity contribution in [2.24, 2.45) is 7.05 Å². The zero-order chi connectivity index (χ0) is 22.1. The molecule has 2 aliphatic rings. The Labute approximate surface area is 181 Å². The Bertz CT molecular complexity index is 963. The van der Waals surface area contributed by atoms with Crippen molar-refractivity contribution in [3.63, 3.8) is 0 Å². The molecule has 10 heteroatoms. The van der Waals surface area contributed by atoms with Crippen LogP contribution in [0.25, 0.3) is 0 Å². The third kappa shape index (κ3) is 4.47. The highest BCUT2D eigenvalue weighted by molar-refractivity contribution is 5.92. The fraction of sp³-hybridized carbons (Fsp3) is 0.667. The number of aromatic nitrogens is 5. The molecule has 4 rings (SSSR count). The van der Waals surface area contributed by atoms with Crippen molar-refractivity contribution in [1.82, 2.24) is 34.6 Å². The Morgan fingerprint density at radius 1 is 1.23 bits per heavy atom. The normalized spacial score (nSPS) is 21.3. The van der Waals surface area contributed by atoms with E-state index in [0.717, 1.165) is 42.9 Å². The molecule has 0 aliphatic carbocycles. The molecule has 2 aliphatic heterocycles. The van der Waals surface area contributed by atoms with Crippen LogP contribution in [0.2, 0.25) is 0 Å². The van der Waals surface area contributed by atoms with Crippen molar-refractivity contribution < 1.29 is 14.0 Å². The van der Waals surface area contributed by atoms with Crippen LogP contribution in [-0.2, 0) is 24.8 Å². The van der Waals surface area contributed by atoms with Gasteiger partial charge < -0.3 is 9.80 Å². The Kier molecular flexibility index (Phi) is 6.06. The summed E-state index contributed by atoms with van der Waals surface area (Å²) in [5.74, 6) is -0.185. The maximum Gasteiger partial charge on any atom is 0.276 e. The molecule has 9 nitrogen and oxygen atoms in total. The van der Waals surface area contributed by atoms with E-state index in [1.807, 2.05) is 25.6 Å². The zero-order valence-corrected chi connectivity index (χ0v) is 18.4. The number of alkyl halides is 1. The molecule has 2 aromatic rings. The Balaban J connectivity index is 1.38. The lowest BCUT2D eigenvalue weighted by atomic mass is 10.1. The number of rotatable bonds is 6. The summed E-state index contributed by atoms with van der Waals surface area (Å²) in [6, 6.07) is -0.296. The van der Waals surface area contributed by atoms with Crippen LogP contribution in [-0.4, -0.2) is 78.2 Å². The summed E-state index contributed by atoms with van der Waals surface area (Å²) < 4.78 is 17.6. The molecule has 0 aromatic carbocycles. The van der Waals surface area contributed by atoms with Crippen molar-refractivity contribution in [3.05, 3.63) is 28.8 Å². The van der Waals surface area contributed by atoms with Crippen LogP contribution in [0.1, 0.15) is 53.1 Å². The molecule has 2 aromatic heterocycles. The molecule has 2 atom stereocenters. The monoisotopic (exact) mass is 431 g/mol. The van der Waals surface area contributed by atoms with E-state index in [4.69, 9.17) is 0 Å². The summed E-state index contributed by atoms with van der Waals surface area (Å²) in [6.45, 7) is 5.85. The lowest BCUT2D eigenvalue weighted by Crippen LogP contribution is -2.38. The molecular weight excluding hydrogens is 401 g/mol. The minimum atomic E-state index is -1.05. The van der Waals surface area contributed by atoms with Crippen LogP contribution in [0.4, 0.5) is 4.39 Å². The zero-order valence-electron chi connectivity index (χ0n) is 18.4. The summed E-state index contributed by atoms with van der Waals surface area (Å²) in [5, 5.41) is 12.5. The lowest BCUT2D eigenvalue weighted by molar-refractivity contribution is -0.132. The molecule has 0 N–H and O–H groups in total. The Morgan fingerprint density at radius 3 is 2.65 bits per heavy atom. The first-order valence-electron chi connectivity index (χ1n) is 11.0. The summed E-state index contributed by atoms with van der Waals surface area (Å²) in [4.78, 5) is 28.8. The lowest BCUT2D eigenvalue weighted by Gasteiger charge is -2.24. The molecule has 4 heterocycles. The summed E-state index contributed by atoms with van der Waals surface area (Å²) in [6.07, 6.45) is 3.74. The third-order valence-electron chi connectivity index (χ3n) is 6.48. The Hall–Kier alpha value is -2.78. The minimum Gasteiger partial charge on any atom is -0.337 e. The largest absolute Gasteiger partial charge is 0.337 e. The minimum absolute atomic E-state index is 0.0683. The molecule has 31 heavy (non-hydrogen) atoms. The van der Waals surface area contributed by atoms with Crippen LogP contribution < -0.4 is 0 Å². The molecular formula is C21H30FN7O2. The van der Waals surface area contributed by atoms with E-state index in [1.54, 1.807) is 20.7 Å². The van der Waals surface area contributed by atoms with Crippen LogP contribution in [0.5, 0.6) is 0 Å². The summed E-state index contributed by atoms with van der Waals surface area (Å²) in [7, 11) is 1.89. The molecule has 2 amide bonds. The number of nitrogens with zero attached hydrogens (tertiary/aromatic N) is 7. The highest BCUT2D eigenvalue weighted by atomic mass is 19.1. The van der Waals surface area contributed by atoms with E-state index in [-0.39, 0.29) is 30.8 Å². The average Bonchev–Trinajstić information content (AvgIpc) is 3.51. The van der Waals surface area contributed by atoms with Gasteiger partial charge in [-0.05, 0) is 38.7 Å². The van der Waals surface area contributed by atoms with Crippen LogP contribution in [0.15, 0.2) is 6.20 Å². The number of likely N-dealkylation sites (tertiary alicyclic amines) is 2. The quantitative estimate of drug-likeness (QED) is 0.691. The third-order valence-corrected chi connectivity index (χ3v) is 6.48. The molecule has 2 unspecified atom stereocenters. The fourth-order valence-electron chi connectivity index (χ4n) is 4.68. The van der Waals surface area contributed by atoms with Crippen molar-refractivity contribution in [2.75, 3.05) is 19.6 Å². The SMILES string of the molecule is Cc1nn(C)c(C)c1CCC(=O)N1CC(F)CC1Cn1cc(C(=O)N2CCCC2)nn1. The van der Waals surface area contributed by atoms with Crippen molar-refractivity contribution in [2.45, 2.75) is 64.7 Å². The number of hydrogen-bond donors (Lipinski definition) is 0. The smallest absolute Gasteiger partial charge is 0.276 e. The van der Waals surface area contributed by atoms with E-state index in [9.17, 15) is 14.0 Å². The number of halogens is 1. The van der Waals surface area contributed by atoms with Crippen LogP contribution >= 0.6 is 0 Å². The first-order chi connectivity index (χ1) is 14.8. The topological polar surface area (TPSA) is 89.2 Å². The van der Waals surface area contributed by atoms with Gasteiger partial charge in [0.2, 0.25) is 5.91 Å². The molecule has 0 radical (unpaired) electrons. The highest BCUT2D eigenvalue weighted by Gasteiger charge is 2.36. The van der Waals surface area contributed by atoms with Gasteiger partial charge >= 0.3 is 0 Å². The molecule has 0 bridgehead atoms. The van der Waals surface area contributed by atoms with E-state index in [1.165, 1.54) is 0 Å². The number of aryl methyl sites for hydroxylation is 2. The number of carbonyl (C=O) groups is 2. The fourth-order valence-corrected chi connectivity index (χ4v) is 4.68. The van der Waals surface area contributed by atoms with Gasteiger partial charge in [0.05, 0.1) is 31.0 Å². The van der Waals surface area contributed by atoms with Gasteiger partial charge in [-0.2, -0.15) is 5.10 Å². The number of carbonyl (C=O) groups excluding carboxylic acids is 2. The van der Waals surface area contributed by atoms with Gasteiger partial charge in [-0.15, -0.1) is 5.10 Å². The standard InChI is InChI=1S/C21H30FN7O2/c1-14-18(15(2)26(3)24-14)6-7-20(30)29-11-16(22)10-17(29)12-28-13-19(23-25-28)21(31)27-8-4-5-9-27/h13,16-17H,4-12H2,1-3H3. The van der Waals surface area contributed by atoms with Crippen molar-refractivity contribution >= 4 is 11.8 Å². The molecule has 0 spiro atoms. The second-order valence-electron chi connectivity index (χ2n) is 8.63. The van der Waals surface area contributed by atoms with Gasteiger partial charge in [-0.25, -0.2) is 9.07 Å². The summed E-state index contributed by atoms with van der Waals surface area (Å²) in [5.41, 5.74) is 3.35. The first kappa shape index (κ1) is 21.5.